The summed E-state index contributed by atoms with van der Waals surface area (Å²) < 4.78 is 11.6. The minimum atomic E-state index is -0.181. The van der Waals surface area contributed by atoms with Gasteiger partial charge in [-0.25, -0.2) is 4.98 Å². The molecule has 5 heteroatoms. The highest BCUT2D eigenvalue weighted by Crippen LogP contribution is 2.29. The van der Waals surface area contributed by atoms with Crippen molar-refractivity contribution in [1.29, 1.82) is 0 Å². The molecule has 0 radical (unpaired) electrons. The fraction of sp³-hybridized carbons (Fsp3) is 0.259. The molecule has 0 saturated carbocycles. The van der Waals surface area contributed by atoms with Gasteiger partial charge in [0.1, 0.15) is 11.3 Å². The van der Waals surface area contributed by atoms with Gasteiger partial charge in [-0.1, -0.05) is 32.9 Å². The largest absolute Gasteiger partial charge is 0.494 e. The number of amides is 1. The monoisotopic (exact) mass is 428 g/mol. The molecule has 0 saturated heterocycles. The van der Waals surface area contributed by atoms with Gasteiger partial charge < -0.3 is 14.5 Å². The Kier molecular flexibility index (Phi) is 6.55. The average Bonchev–Trinajstić information content (AvgIpc) is 3.26. The molecule has 0 bridgehead atoms. The Morgan fingerprint density at radius 3 is 2.62 bits per heavy atom. The zero-order valence-electron chi connectivity index (χ0n) is 18.7. The number of nitrogens with zero attached hydrogens (tertiary/aromatic N) is 1. The molecule has 4 aromatic rings. The summed E-state index contributed by atoms with van der Waals surface area (Å²) in [5.41, 5.74) is 4.92. The maximum atomic E-state index is 12.7. The number of ether oxygens (including phenoxy) is 1. The number of carbonyl (C=O) groups is 1. The number of hydrogen-bond donors (Lipinski definition) is 1. The van der Waals surface area contributed by atoms with E-state index in [0.29, 0.717) is 29.7 Å². The van der Waals surface area contributed by atoms with Crippen molar-refractivity contribution >= 4 is 22.7 Å². The minimum absolute atomic E-state index is 0.181. The van der Waals surface area contributed by atoms with Crippen LogP contribution in [0.4, 0.5) is 5.69 Å². The van der Waals surface area contributed by atoms with E-state index in [1.807, 2.05) is 42.5 Å². The predicted molar refractivity (Wildman–Crippen MR) is 128 cm³/mol. The number of oxazole rings is 1. The fourth-order valence-electron chi connectivity index (χ4n) is 3.47. The Morgan fingerprint density at radius 2 is 1.88 bits per heavy atom. The summed E-state index contributed by atoms with van der Waals surface area (Å²) in [6, 6.07) is 20.9. The second-order valence-electron chi connectivity index (χ2n) is 7.96. The number of hydrogen-bond acceptors (Lipinski definition) is 4. The van der Waals surface area contributed by atoms with Crippen LogP contribution in [0.25, 0.3) is 22.6 Å². The molecular weight excluding hydrogens is 400 g/mol. The summed E-state index contributed by atoms with van der Waals surface area (Å²) in [5.74, 6) is 1.60. The van der Waals surface area contributed by atoms with Crippen LogP contribution in [0.1, 0.15) is 55.5 Å². The fourth-order valence-corrected chi connectivity index (χ4v) is 3.47. The summed E-state index contributed by atoms with van der Waals surface area (Å²) in [4.78, 5) is 17.3. The van der Waals surface area contributed by atoms with E-state index in [2.05, 4.69) is 43.2 Å². The smallest absolute Gasteiger partial charge is 0.255 e. The molecule has 0 spiro atoms. The summed E-state index contributed by atoms with van der Waals surface area (Å²) in [5, 5.41) is 2.95. The highest BCUT2D eigenvalue weighted by Gasteiger charge is 2.12. The SMILES string of the molecule is CCCOc1ccc(C(=O)Nc2cccc(-c3nc4cc([C@H](C)CC)ccc4o3)c2)cc1. The Balaban J connectivity index is 1.51. The quantitative estimate of drug-likeness (QED) is 0.327. The van der Waals surface area contributed by atoms with Crippen molar-refractivity contribution in [2.75, 3.05) is 11.9 Å². The molecule has 3 aromatic carbocycles. The van der Waals surface area contributed by atoms with Crippen LogP contribution < -0.4 is 10.1 Å². The Bertz CT molecular complexity index is 1210. The topological polar surface area (TPSA) is 64.4 Å². The van der Waals surface area contributed by atoms with Gasteiger partial charge in [0.05, 0.1) is 6.61 Å². The zero-order chi connectivity index (χ0) is 22.5. The summed E-state index contributed by atoms with van der Waals surface area (Å²) >= 11 is 0. The first-order valence-electron chi connectivity index (χ1n) is 11.1. The zero-order valence-corrected chi connectivity index (χ0v) is 18.7. The summed E-state index contributed by atoms with van der Waals surface area (Å²) in [6.07, 6.45) is 2.02. The van der Waals surface area contributed by atoms with Crippen LogP contribution in [0.15, 0.2) is 71.1 Å². The number of aromatic nitrogens is 1. The molecule has 32 heavy (non-hydrogen) atoms. The van der Waals surface area contributed by atoms with Gasteiger partial charge >= 0.3 is 0 Å². The van der Waals surface area contributed by atoms with Crippen molar-refractivity contribution in [3.05, 3.63) is 77.9 Å². The van der Waals surface area contributed by atoms with Gasteiger partial charge in [0.15, 0.2) is 5.58 Å². The molecule has 0 unspecified atom stereocenters. The van der Waals surface area contributed by atoms with E-state index in [-0.39, 0.29) is 5.91 Å². The van der Waals surface area contributed by atoms with Crippen LogP contribution in [-0.4, -0.2) is 17.5 Å². The van der Waals surface area contributed by atoms with Crippen molar-refractivity contribution in [3.8, 4) is 17.2 Å². The van der Waals surface area contributed by atoms with Crippen LogP contribution in [0.2, 0.25) is 0 Å². The maximum absolute atomic E-state index is 12.7. The summed E-state index contributed by atoms with van der Waals surface area (Å²) in [7, 11) is 0. The molecular formula is C27H28N2O3. The molecule has 5 nitrogen and oxygen atoms in total. The highest BCUT2D eigenvalue weighted by molar-refractivity contribution is 6.04. The Labute approximate surface area is 188 Å². The van der Waals surface area contributed by atoms with Gasteiger partial charge in [0.2, 0.25) is 5.89 Å². The lowest BCUT2D eigenvalue weighted by molar-refractivity contribution is 0.102. The lowest BCUT2D eigenvalue weighted by atomic mass is 9.98. The van der Waals surface area contributed by atoms with Crippen LogP contribution in [0, 0.1) is 0 Å². The Hall–Kier alpha value is -3.60. The molecule has 0 aliphatic rings. The van der Waals surface area contributed by atoms with Crippen LogP contribution >= 0.6 is 0 Å². The maximum Gasteiger partial charge on any atom is 0.255 e. The van der Waals surface area contributed by atoms with E-state index in [9.17, 15) is 4.79 Å². The lowest BCUT2D eigenvalue weighted by Crippen LogP contribution is -2.11. The van der Waals surface area contributed by atoms with E-state index < -0.39 is 0 Å². The van der Waals surface area contributed by atoms with Gasteiger partial charge in [-0.15, -0.1) is 0 Å². The van der Waals surface area contributed by atoms with Gasteiger partial charge in [-0.2, -0.15) is 0 Å². The number of benzene rings is 3. The molecule has 1 heterocycles. The van der Waals surface area contributed by atoms with Gasteiger partial charge in [0, 0.05) is 16.8 Å². The number of anilines is 1. The second-order valence-corrected chi connectivity index (χ2v) is 7.96. The molecule has 1 aromatic heterocycles. The van der Waals surface area contributed by atoms with E-state index in [1.54, 1.807) is 12.1 Å². The second kappa shape index (κ2) is 9.69. The van der Waals surface area contributed by atoms with Crippen LogP contribution in [-0.2, 0) is 0 Å². The van der Waals surface area contributed by atoms with Crippen molar-refractivity contribution in [2.24, 2.45) is 0 Å². The normalized spacial score (nSPS) is 12.0. The molecule has 1 amide bonds. The van der Waals surface area contributed by atoms with E-state index in [4.69, 9.17) is 9.15 Å². The molecule has 4 rings (SSSR count). The van der Waals surface area contributed by atoms with Gasteiger partial charge in [0.25, 0.3) is 5.91 Å². The molecule has 164 valence electrons. The van der Waals surface area contributed by atoms with E-state index >= 15 is 0 Å². The first-order chi connectivity index (χ1) is 15.6. The first kappa shape index (κ1) is 21.6. The molecule has 0 aliphatic heterocycles. The van der Waals surface area contributed by atoms with E-state index in [0.717, 1.165) is 35.3 Å². The standard InChI is InChI=1S/C27H28N2O3/c1-4-15-31-23-12-9-19(10-13-23)26(30)28-22-8-6-7-21(16-22)27-29-24-17-20(18(3)5-2)11-14-25(24)32-27/h6-14,16-18H,4-5,15H2,1-3H3,(H,28,30)/t18-/m1/s1. The first-order valence-corrected chi connectivity index (χ1v) is 11.1. The van der Waals surface area contributed by atoms with Crippen molar-refractivity contribution < 1.29 is 13.9 Å². The Morgan fingerprint density at radius 1 is 1.06 bits per heavy atom. The molecule has 1 N–H and O–H groups in total. The van der Waals surface area contributed by atoms with E-state index in [1.165, 1.54) is 5.56 Å². The third-order valence-electron chi connectivity index (χ3n) is 5.55. The predicted octanol–water partition coefficient (Wildman–Crippen LogP) is 7.05. The molecule has 0 aliphatic carbocycles. The number of carbonyl (C=O) groups excluding carboxylic acids is 1. The molecule has 0 fully saturated rings. The summed E-state index contributed by atoms with van der Waals surface area (Å²) in [6.45, 7) is 7.10. The van der Waals surface area contributed by atoms with Crippen LogP contribution in [0.3, 0.4) is 0 Å². The third kappa shape index (κ3) is 4.83. The minimum Gasteiger partial charge on any atom is -0.494 e. The highest BCUT2D eigenvalue weighted by atomic mass is 16.5. The lowest BCUT2D eigenvalue weighted by Gasteiger charge is -2.08. The number of fused-ring (bicyclic) bond motifs is 1. The average molecular weight is 429 g/mol. The van der Waals surface area contributed by atoms with Gasteiger partial charge in [-0.3, -0.25) is 4.79 Å². The third-order valence-corrected chi connectivity index (χ3v) is 5.55. The van der Waals surface area contributed by atoms with Crippen LogP contribution in [0.5, 0.6) is 5.75 Å². The van der Waals surface area contributed by atoms with Crippen molar-refractivity contribution in [3.63, 3.8) is 0 Å². The van der Waals surface area contributed by atoms with Crippen molar-refractivity contribution in [2.45, 2.75) is 39.5 Å². The number of nitrogens with one attached hydrogen (secondary N) is 1. The molecule has 1 atom stereocenters. The van der Waals surface area contributed by atoms with Crippen molar-refractivity contribution in [1.82, 2.24) is 4.98 Å². The number of rotatable bonds is 8. The van der Waals surface area contributed by atoms with Gasteiger partial charge in [-0.05, 0) is 78.9 Å².